The molecule has 2 aliphatic rings. The lowest BCUT2D eigenvalue weighted by atomic mass is 9.85. The number of nitrogens with zero attached hydrogens (tertiary/aromatic N) is 4. The number of fused-ring (bicyclic) bond motifs is 1. The summed E-state index contributed by atoms with van der Waals surface area (Å²) in [6.07, 6.45) is 2.81. The van der Waals surface area contributed by atoms with Crippen molar-refractivity contribution in [2.24, 2.45) is 5.92 Å². The lowest BCUT2D eigenvalue weighted by Gasteiger charge is -2.35. The van der Waals surface area contributed by atoms with E-state index in [1.54, 1.807) is 11.7 Å². The molecule has 10 nitrogen and oxygen atoms in total. The predicted molar refractivity (Wildman–Crippen MR) is 161 cm³/mol. The fourth-order valence-electron chi connectivity index (χ4n) is 6.11. The molecule has 3 aromatic rings. The number of benzene rings is 2. The molecule has 1 saturated heterocycles. The van der Waals surface area contributed by atoms with Gasteiger partial charge in [0, 0.05) is 63.0 Å². The van der Waals surface area contributed by atoms with Gasteiger partial charge < -0.3 is 24.8 Å². The quantitative estimate of drug-likeness (QED) is 0.437. The fraction of sp³-hybridized carbons (Fsp3) is 0.516. The Balaban J connectivity index is 1.24. The number of piperazine rings is 1. The second kappa shape index (κ2) is 12.5. The molecule has 2 heterocycles. The molecule has 2 amide bonds. The van der Waals surface area contributed by atoms with Gasteiger partial charge in [-0.25, -0.2) is 4.79 Å². The van der Waals surface area contributed by atoms with Crippen LogP contribution in [0.2, 0.25) is 0 Å². The number of nitrogens with one attached hydrogen (secondary N) is 2. The smallest absolute Gasteiger partial charge is 0.326 e. The Labute approximate surface area is 241 Å². The molecule has 10 heteroatoms. The van der Waals surface area contributed by atoms with Crippen molar-refractivity contribution in [3.63, 3.8) is 0 Å². The highest BCUT2D eigenvalue weighted by atomic mass is 16.5. The van der Waals surface area contributed by atoms with Crippen LogP contribution in [0.1, 0.15) is 47.6 Å². The van der Waals surface area contributed by atoms with E-state index >= 15 is 0 Å². The highest BCUT2D eigenvalue weighted by Gasteiger charge is 2.30. The van der Waals surface area contributed by atoms with Gasteiger partial charge in [-0.3, -0.25) is 19.1 Å². The maximum atomic E-state index is 13.5. The second-order valence-electron chi connectivity index (χ2n) is 11.6. The summed E-state index contributed by atoms with van der Waals surface area (Å²) in [6.45, 7) is 7.00. The van der Waals surface area contributed by atoms with Crippen LogP contribution < -0.4 is 15.7 Å². The number of aromatic amines is 1. The van der Waals surface area contributed by atoms with E-state index in [1.165, 1.54) is 0 Å². The van der Waals surface area contributed by atoms with Gasteiger partial charge >= 0.3 is 5.69 Å². The molecule has 0 atom stereocenters. The van der Waals surface area contributed by atoms with Gasteiger partial charge in [0.2, 0.25) is 5.91 Å². The third kappa shape index (κ3) is 6.33. The Morgan fingerprint density at radius 3 is 2.46 bits per heavy atom. The molecule has 2 N–H and O–H groups in total. The zero-order valence-electron chi connectivity index (χ0n) is 24.6. The number of rotatable bonds is 8. The van der Waals surface area contributed by atoms with Crippen LogP contribution in [0.25, 0.3) is 11.0 Å². The summed E-state index contributed by atoms with van der Waals surface area (Å²) in [7, 11) is 5.76. The van der Waals surface area contributed by atoms with Crippen molar-refractivity contribution in [2.75, 3.05) is 65.8 Å². The van der Waals surface area contributed by atoms with Crippen LogP contribution in [0.4, 0.5) is 5.69 Å². The average molecular weight is 563 g/mol. The van der Waals surface area contributed by atoms with Crippen molar-refractivity contribution in [3.8, 4) is 5.75 Å². The Hall–Kier alpha value is -3.63. The van der Waals surface area contributed by atoms with Crippen LogP contribution in [0.15, 0.2) is 41.2 Å². The summed E-state index contributed by atoms with van der Waals surface area (Å²) in [5.41, 5.74) is 3.43. The first-order valence-corrected chi connectivity index (χ1v) is 14.6. The first-order chi connectivity index (χ1) is 19.7. The number of likely N-dealkylation sites (N-methyl/N-ethyl adjacent to an activating group) is 1. The van der Waals surface area contributed by atoms with Gasteiger partial charge in [-0.2, -0.15) is 0 Å². The molecule has 5 rings (SSSR count). The van der Waals surface area contributed by atoms with Crippen molar-refractivity contribution in [3.05, 3.63) is 58.0 Å². The Morgan fingerprint density at radius 1 is 1.05 bits per heavy atom. The van der Waals surface area contributed by atoms with Gasteiger partial charge in [0.25, 0.3) is 5.91 Å². The number of hydrogen-bond acceptors (Lipinski definition) is 6. The third-order valence-corrected chi connectivity index (χ3v) is 8.61. The Bertz CT molecular complexity index is 1440. The SMILES string of the molecule is COc1cc(NC(=O)[C@H]2CC[C@@H](n3c(=O)[nH]c4c(C(=O)N5CCN(CCN(C)C)CC5)cccc43)CC2)ccc1C. The molecule has 0 bridgehead atoms. The van der Waals surface area contributed by atoms with Gasteiger partial charge in [-0.05, 0) is 70.5 Å². The monoisotopic (exact) mass is 562 g/mol. The summed E-state index contributed by atoms with van der Waals surface area (Å²) < 4.78 is 7.17. The van der Waals surface area contributed by atoms with Gasteiger partial charge in [0.15, 0.2) is 0 Å². The summed E-state index contributed by atoms with van der Waals surface area (Å²) in [5, 5.41) is 3.03. The zero-order valence-corrected chi connectivity index (χ0v) is 24.6. The molecule has 1 saturated carbocycles. The highest BCUT2D eigenvalue weighted by molar-refractivity contribution is 6.05. The number of carbonyl (C=O) groups excluding carboxylic acids is 2. The molecule has 2 fully saturated rings. The van der Waals surface area contributed by atoms with E-state index in [-0.39, 0.29) is 29.5 Å². The van der Waals surface area contributed by atoms with E-state index in [1.807, 2.05) is 48.2 Å². The van der Waals surface area contributed by atoms with Crippen LogP contribution in [0.3, 0.4) is 0 Å². The number of anilines is 1. The number of imidazole rings is 1. The van der Waals surface area contributed by atoms with Crippen molar-refractivity contribution in [1.29, 1.82) is 0 Å². The third-order valence-electron chi connectivity index (χ3n) is 8.61. The molecule has 0 radical (unpaired) electrons. The maximum Gasteiger partial charge on any atom is 0.326 e. The number of aromatic nitrogens is 2. The fourth-order valence-corrected chi connectivity index (χ4v) is 6.11. The van der Waals surface area contributed by atoms with E-state index in [4.69, 9.17) is 4.74 Å². The number of aryl methyl sites for hydroxylation is 1. The van der Waals surface area contributed by atoms with Crippen LogP contribution in [0, 0.1) is 12.8 Å². The minimum Gasteiger partial charge on any atom is -0.496 e. The summed E-state index contributed by atoms with van der Waals surface area (Å²) in [4.78, 5) is 49.2. The normalized spacial score (nSPS) is 20.0. The lowest BCUT2D eigenvalue weighted by Crippen LogP contribution is -2.50. The van der Waals surface area contributed by atoms with Crippen molar-refractivity contribution < 1.29 is 14.3 Å². The molecular formula is C31H42N6O4. The summed E-state index contributed by atoms with van der Waals surface area (Å²) in [5.74, 6) is 0.582. The maximum absolute atomic E-state index is 13.5. The van der Waals surface area contributed by atoms with E-state index in [0.29, 0.717) is 37.0 Å². The molecule has 0 spiro atoms. The van der Waals surface area contributed by atoms with E-state index < -0.39 is 0 Å². The summed E-state index contributed by atoms with van der Waals surface area (Å²) in [6, 6.07) is 11.2. The van der Waals surface area contributed by atoms with Gasteiger partial charge in [0.1, 0.15) is 5.75 Å². The molecule has 41 heavy (non-hydrogen) atoms. The van der Waals surface area contributed by atoms with Gasteiger partial charge in [0.05, 0.1) is 23.7 Å². The predicted octanol–water partition coefficient (Wildman–Crippen LogP) is 3.34. The number of H-pyrrole nitrogens is 1. The lowest BCUT2D eigenvalue weighted by molar-refractivity contribution is -0.121. The minimum absolute atomic E-state index is 0.00433. The molecule has 1 aliphatic carbocycles. The first kappa shape index (κ1) is 28.9. The molecule has 1 aliphatic heterocycles. The number of hydrogen-bond donors (Lipinski definition) is 2. The Kier molecular flexibility index (Phi) is 8.79. The number of carbonyl (C=O) groups is 2. The van der Waals surface area contributed by atoms with Crippen LogP contribution in [-0.2, 0) is 4.79 Å². The average Bonchev–Trinajstić information content (AvgIpc) is 3.32. The molecule has 2 aromatic carbocycles. The van der Waals surface area contributed by atoms with Gasteiger partial charge in [-0.15, -0.1) is 0 Å². The van der Waals surface area contributed by atoms with Crippen molar-refractivity contribution in [2.45, 2.75) is 38.6 Å². The number of methoxy groups -OCH3 is 1. The zero-order chi connectivity index (χ0) is 29.1. The molecule has 1 aromatic heterocycles. The Morgan fingerprint density at radius 2 is 1.78 bits per heavy atom. The van der Waals surface area contributed by atoms with Crippen molar-refractivity contribution >= 4 is 28.5 Å². The van der Waals surface area contributed by atoms with Crippen LogP contribution >= 0.6 is 0 Å². The minimum atomic E-state index is -0.201. The largest absolute Gasteiger partial charge is 0.496 e. The molecule has 220 valence electrons. The number of amides is 2. The van der Waals surface area contributed by atoms with E-state index in [9.17, 15) is 14.4 Å². The van der Waals surface area contributed by atoms with E-state index in [0.717, 1.165) is 61.5 Å². The topological polar surface area (TPSA) is 103 Å². The second-order valence-corrected chi connectivity index (χ2v) is 11.6. The highest BCUT2D eigenvalue weighted by Crippen LogP contribution is 2.34. The number of para-hydroxylation sites is 1. The summed E-state index contributed by atoms with van der Waals surface area (Å²) >= 11 is 0. The van der Waals surface area contributed by atoms with Crippen LogP contribution in [0.5, 0.6) is 5.75 Å². The number of ether oxygens (including phenoxy) is 1. The standard InChI is InChI=1S/C31H42N6O4/c1-21-8-11-23(20-27(21)41-4)32-29(38)22-9-12-24(13-10-22)37-26-7-5-6-25(28(26)33-31(37)40)30(39)36-18-16-35(17-19-36)15-14-34(2)3/h5-8,11,20,22,24H,9-10,12-19H2,1-4H3,(H,32,38)(H,33,40)/t22-,24+. The molecular weight excluding hydrogens is 520 g/mol. The van der Waals surface area contributed by atoms with E-state index in [2.05, 4.69) is 34.2 Å². The molecule has 0 unspecified atom stereocenters. The first-order valence-electron chi connectivity index (χ1n) is 14.6. The van der Waals surface area contributed by atoms with Crippen molar-refractivity contribution in [1.82, 2.24) is 24.3 Å². The van der Waals surface area contributed by atoms with Gasteiger partial charge in [-0.1, -0.05) is 12.1 Å². The van der Waals surface area contributed by atoms with Crippen LogP contribution in [-0.4, -0.2) is 96.5 Å².